The van der Waals surface area contributed by atoms with E-state index in [4.69, 9.17) is 4.74 Å². The molecule has 0 atom stereocenters. The maximum atomic E-state index is 13.2. The summed E-state index contributed by atoms with van der Waals surface area (Å²) in [5.41, 5.74) is 1.85. The van der Waals surface area contributed by atoms with Crippen molar-refractivity contribution in [2.75, 3.05) is 32.1 Å². The van der Waals surface area contributed by atoms with Crippen molar-refractivity contribution in [3.05, 3.63) is 47.7 Å². The van der Waals surface area contributed by atoms with Gasteiger partial charge in [-0.2, -0.15) is 0 Å². The molecule has 1 aliphatic heterocycles. The summed E-state index contributed by atoms with van der Waals surface area (Å²) in [6.07, 6.45) is 3.69. The van der Waals surface area contributed by atoms with Gasteiger partial charge in [0, 0.05) is 51.2 Å². The van der Waals surface area contributed by atoms with E-state index in [1.807, 2.05) is 19.9 Å². The van der Waals surface area contributed by atoms with Crippen LogP contribution in [0.5, 0.6) is 5.88 Å². The van der Waals surface area contributed by atoms with E-state index >= 15 is 0 Å². The average molecular weight is 447 g/mol. The molecule has 1 fully saturated rings. The number of carbonyl (C=O) groups excluding carboxylic acids is 1. The summed E-state index contributed by atoms with van der Waals surface area (Å²) in [4.78, 5) is 19.6. The van der Waals surface area contributed by atoms with Crippen molar-refractivity contribution in [1.82, 2.24) is 14.6 Å². The molecule has 31 heavy (non-hydrogen) atoms. The maximum Gasteiger partial charge on any atom is 0.253 e. The Hall–Kier alpha value is -2.65. The highest BCUT2D eigenvalue weighted by Crippen LogP contribution is 2.28. The first-order valence-electron chi connectivity index (χ1n) is 10.4. The van der Waals surface area contributed by atoms with Crippen molar-refractivity contribution in [3.63, 3.8) is 0 Å². The number of aromatic nitrogens is 1. The molecular weight excluding hydrogens is 416 g/mol. The molecule has 1 N–H and O–H groups in total. The first-order chi connectivity index (χ1) is 14.7. The van der Waals surface area contributed by atoms with Gasteiger partial charge in [-0.25, -0.2) is 17.7 Å². The molecule has 1 saturated heterocycles. The van der Waals surface area contributed by atoms with Gasteiger partial charge in [-0.05, 0) is 51.0 Å². The van der Waals surface area contributed by atoms with E-state index in [1.165, 1.54) is 20.2 Å². The lowest BCUT2D eigenvalue weighted by Gasteiger charge is -2.22. The molecule has 2 heterocycles. The number of rotatable bonds is 8. The molecule has 3 rings (SSSR count). The number of hydrogen-bond acceptors (Lipinski definition) is 6. The Morgan fingerprint density at radius 2 is 1.94 bits per heavy atom. The van der Waals surface area contributed by atoms with Crippen LogP contribution in [0.15, 0.2) is 41.4 Å². The van der Waals surface area contributed by atoms with Crippen LogP contribution in [0.3, 0.4) is 0 Å². The largest absolute Gasteiger partial charge is 0.475 e. The molecule has 9 heteroatoms. The number of nitrogens with one attached hydrogen (secondary N) is 1. The van der Waals surface area contributed by atoms with Crippen LogP contribution in [0.4, 0.5) is 5.69 Å². The SMILES string of the molecule is CC(C)Oc1ncccc1CNC(=O)c1cc(S(=O)(=O)N(C)C)ccc1N1CCCC1. The van der Waals surface area contributed by atoms with E-state index < -0.39 is 10.0 Å². The topological polar surface area (TPSA) is 91.8 Å². The molecule has 1 amide bonds. The molecule has 0 spiro atoms. The van der Waals surface area contributed by atoms with Crippen molar-refractivity contribution < 1.29 is 17.9 Å². The molecule has 0 aliphatic carbocycles. The molecule has 2 aromatic rings. The van der Waals surface area contributed by atoms with Crippen molar-refractivity contribution in [1.29, 1.82) is 0 Å². The number of pyridine rings is 1. The van der Waals surface area contributed by atoms with Crippen LogP contribution in [0.2, 0.25) is 0 Å². The molecule has 168 valence electrons. The zero-order chi connectivity index (χ0) is 22.6. The molecule has 8 nitrogen and oxygen atoms in total. The van der Waals surface area contributed by atoms with Gasteiger partial charge in [-0.15, -0.1) is 0 Å². The van der Waals surface area contributed by atoms with Gasteiger partial charge in [0.2, 0.25) is 15.9 Å². The van der Waals surface area contributed by atoms with Gasteiger partial charge in [0.1, 0.15) is 0 Å². The Kier molecular flexibility index (Phi) is 7.17. The van der Waals surface area contributed by atoms with Gasteiger partial charge in [-0.3, -0.25) is 4.79 Å². The van der Waals surface area contributed by atoms with Gasteiger partial charge in [-0.1, -0.05) is 6.07 Å². The highest BCUT2D eigenvalue weighted by atomic mass is 32.2. The fraction of sp³-hybridized carbons (Fsp3) is 0.455. The quantitative estimate of drug-likeness (QED) is 0.670. The van der Waals surface area contributed by atoms with Crippen molar-refractivity contribution >= 4 is 21.6 Å². The van der Waals surface area contributed by atoms with E-state index in [0.717, 1.165) is 41.5 Å². The Bertz CT molecular complexity index is 1030. The zero-order valence-corrected chi connectivity index (χ0v) is 19.3. The van der Waals surface area contributed by atoms with Gasteiger partial charge < -0.3 is 15.0 Å². The molecule has 1 aromatic carbocycles. The third-order valence-electron chi connectivity index (χ3n) is 5.07. The fourth-order valence-electron chi connectivity index (χ4n) is 3.46. The van der Waals surface area contributed by atoms with Crippen molar-refractivity contribution in [2.45, 2.75) is 44.2 Å². The van der Waals surface area contributed by atoms with Crippen molar-refractivity contribution in [3.8, 4) is 5.88 Å². The number of amides is 1. The van der Waals surface area contributed by atoms with E-state index in [-0.39, 0.29) is 23.5 Å². The minimum Gasteiger partial charge on any atom is -0.475 e. The van der Waals surface area contributed by atoms with E-state index in [2.05, 4.69) is 15.2 Å². The molecule has 0 saturated carbocycles. The predicted molar refractivity (Wildman–Crippen MR) is 120 cm³/mol. The average Bonchev–Trinajstić information content (AvgIpc) is 3.26. The van der Waals surface area contributed by atoms with E-state index in [0.29, 0.717) is 11.4 Å². The number of sulfonamides is 1. The van der Waals surface area contributed by atoms with E-state index in [1.54, 1.807) is 24.4 Å². The summed E-state index contributed by atoms with van der Waals surface area (Å²) in [7, 11) is -0.707. The first kappa shape index (κ1) is 23.0. The van der Waals surface area contributed by atoms with Gasteiger partial charge >= 0.3 is 0 Å². The number of carbonyl (C=O) groups is 1. The number of anilines is 1. The van der Waals surface area contributed by atoms with Gasteiger partial charge in [0.05, 0.1) is 16.6 Å². The minimum atomic E-state index is -3.66. The standard InChI is InChI=1S/C22H30N4O4S/c1-16(2)30-22-17(8-7-11-23-22)15-24-21(27)19-14-18(31(28,29)25(3)4)9-10-20(19)26-12-5-6-13-26/h7-11,14,16H,5-6,12-13,15H2,1-4H3,(H,24,27). The molecule has 0 bridgehead atoms. The van der Waals surface area contributed by atoms with Gasteiger partial charge in [0.15, 0.2) is 0 Å². The third kappa shape index (κ3) is 5.34. The molecule has 1 aliphatic rings. The highest BCUT2D eigenvalue weighted by Gasteiger charge is 2.24. The molecular formula is C22H30N4O4S. The lowest BCUT2D eigenvalue weighted by atomic mass is 10.1. The third-order valence-corrected chi connectivity index (χ3v) is 6.89. The normalized spacial score (nSPS) is 14.3. The first-order valence-corrected chi connectivity index (χ1v) is 11.8. The van der Waals surface area contributed by atoms with Gasteiger partial charge in [0.25, 0.3) is 5.91 Å². The monoisotopic (exact) mass is 446 g/mol. The number of nitrogens with zero attached hydrogens (tertiary/aromatic N) is 3. The second-order valence-electron chi connectivity index (χ2n) is 7.98. The molecule has 0 radical (unpaired) electrons. The fourth-order valence-corrected chi connectivity index (χ4v) is 4.39. The van der Waals surface area contributed by atoms with Crippen LogP contribution in [-0.4, -0.2) is 56.9 Å². The van der Waals surface area contributed by atoms with Crippen LogP contribution < -0.4 is 15.0 Å². The molecule has 0 unspecified atom stereocenters. The Balaban J connectivity index is 1.90. The number of ether oxygens (including phenoxy) is 1. The predicted octanol–water partition coefficient (Wildman–Crippen LogP) is 2.65. The van der Waals surface area contributed by atoms with Crippen LogP contribution in [0.1, 0.15) is 42.6 Å². The van der Waals surface area contributed by atoms with Crippen LogP contribution in [0.25, 0.3) is 0 Å². The Morgan fingerprint density at radius 3 is 2.58 bits per heavy atom. The Labute approximate surface area is 184 Å². The number of benzene rings is 1. The summed E-state index contributed by atoms with van der Waals surface area (Å²) in [6, 6.07) is 8.39. The summed E-state index contributed by atoms with van der Waals surface area (Å²) < 4.78 is 32.1. The lowest BCUT2D eigenvalue weighted by Crippen LogP contribution is -2.29. The summed E-state index contributed by atoms with van der Waals surface area (Å²) in [6.45, 7) is 5.73. The maximum absolute atomic E-state index is 13.2. The van der Waals surface area contributed by atoms with Crippen LogP contribution >= 0.6 is 0 Å². The minimum absolute atomic E-state index is 0.0426. The van der Waals surface area contributed by atoms with Crippen LogP contribution in [-0.2, 0) is 16.6 Å². The second-order valence-corrected chi connectivity index (χ2v) is 10.1. The summed E-state index contributed by atoms with van der Waals surface area (Å²) >= 11 is 0. The summed E-state index contributed by atoms with van der Waals surface area (Å²) in [5.74, 6) is 0.138. The highest BCUT2D eigenvalue weighted by molar-refractivity contribution is 7.89. The second kappa shape index (κ2) is 9.65. The van der Waals surface area contributed by atoms with Crippen LogP contribution in [0, 0.1) is 0 Å². The lowest BCUT2D eigenvalue weighted by molar-refractivity contribution is 0.0950. The molecule has 1 aromatic heterocycles. The summed E-state index contributed by atoms with van der Waals surface area (Å²) in [5, 5.41) is 2.91. The Morgan fingerprint density at radius 1 is 1.23 bits per heavy atom. The number of hydrogen-bond donors (Lipinski definition) is 1. The van der Waals surface area contributed by atoms with Crippen molar-refractivity contribution in [2.24, 2.45) is 0 Å². The van der Waals surface area contributed by atoms with E-state index in [9.17, 15) is 13.2 Å². The zero-order valence-electron chi connectivity index (χ0n) is 18.5. The smallest absolute Gasteiger partial charge is 0.253 e.